The van der Waals surface area contributed by atoms with E-state index in [1.54, 1.807) is 0 Å². The molecule has 9 nitrogen and oxygen atoms in total. The highest BCUT2D eigenvalue weighted by Crippen LogP contribution is 2.11. The molecule has 1 heterocycles. The summed E-state index contributed by atoms with van der Waals surface area (Å²) in [6.07, 6.45) is 0. The number of rotatable bonds is 2. The molecule has 1 rings (SSSR count). The second-order valence-electron chi connectivity index (χ2n) is 2.83. The molecule has 0 aliphatic carbocycles. The van der Waals surface area contributed by atoms with E-state index in [1.165, 1.54) is 7.05 Å². The minimum Gasteiger partial charge on any atom is -0.343 e. The van der Waals surface area contributed by atoms with Gasteiger partial charge in [-0.15, -0.1) is 0 Å². The molecule has 1 saturated heterocycles. The summed E-state index contributed by atoms with van der Waals surface area (Å²) in [4.78, 5) is 44.7. The second kappa shape index (κ2) is 4.14. The van der Waals surface area contributed by atoms with Crippen LogP contribution in [0.2, 0.25) is 0 Å². The Morgan fingerprint density at radius 3 is 2.38 bits per heavy atom. The van der Waals surface area contributed by atoms with Crippen LogP contribution >= 0.6 is 0 Å². The Morgan fingerprint density at radius 2 is 2.00 bits per heavy atom. The molecule has 1 aliphatic heterocycles. The number of carbonyl (C=O) groups excluding carboxylic acids is 4. The number of nitrogens with one attached hydrogen (secondary N) is 4. The van der Waals surface area contributed by atoms with Crippen molar-refractivity contribution in [2.45, 2.75) is 5.72 Å². The zero-order chi connectivity index (χ0) is 12.3. The summed E-state index contributed by atoms with van der Waals surface area (Å²) in [7, 11) is 2.34. The van der Waals surface area contributed by atoms with Crippen LogP contribution in [0.5, 0.6) is 0 Å². The van der Waals surface area contributed by atoms with Crippen molar-refractivity contribution in [1.29, 1.82) is 0 Å². The van der Waals surface area contributed by atoms with Crippen molar-refractivity contribution in [3.8, 4) is 0 Å². The number of carbonyl (C=O) groups is 4. The average molecular weight is 230 g/mol. The summed E-state index contributed by atoms with van der Waals surface area (Å²) in [5, 5.41) is 7.75. The van der Waals surface area contributed by atoms with Gasteiger partial charge in [-0.1, -0.05) is 0 Å². The number of urea groups is 2. The summed E-state index contributed by atoms with van der Waals surface area (Å²) in [5.41, 5.74) is -2.20. The summed E-state index contributed by atoms with van der Waals surface area (Å²) in [6.45, 7) is 0. The first kappa shape index (κ1) is 11.9. The number of methoxy groups -OCH3 is 1. The predicted molar refractivity (Wildman–Crippen MR) is 49.0 cm³/mol. The van der Waals surface area contributed by atoms with E-state index in [1.807, 2.05) is 16.0 Å². The minimum absolute atomic E-state index is 0.824. The van der Waals surface area contributed by atoms with Crippen molar-refractivity contribution in [1.82, 2.24) is 21.3 Å². The van der Waals surface area contributed by atoms with Gasteiger partial charge >= 0.3 is 17.8 Å². The summed E-state index contributed by atoms with van der Waals surface area (Å²) < 4.78 is 4.65. The smallest absolute Gasteiger partial charge is 0.324 e. The van der Waals surface area contributed by atoms with Crippen LogP contribution in [0, 0.1) is 0 Å². The summed E-state index contributed by atoms with van der Waals surface area (Å²) in [6, 6.07) is -1.70. The Morgan fingerprint density at radius 1 is 1.38 bits per heavy atom. The molecule has 9 heteroatoms. The Hall–Kier alpha value is -2.16. The Bertz CT molecular complexity index is 368. The van der Waals surface area contributed by atoms with Gasteiger partial charge in [0.05, 0.1) is 0 Å². The third-order valence-electron chi connectivity index (χ3n) is 1.92. The SMILES string of the molecule is CNC(=O)NC(=O)C1(OC)NC(=O)NC1=O. The van der Waals surface area contributed by atoms with E-state index in [0.717, 1.165) is 7.11 Å². The molecule has 0 saturated carbocycles. The first-order valence-electron chi connectivity index (χ1n) is 4.18. The minimum atomic E-state index is -2.20. The maximum Gasteiger partial charge on any atom is 0.324 e. The van der Waals surface area contributed by atoms with Crippen molar-refractivity contribution in [3.05, 3.63) is 0 Å². The van der Waals surface area contributed by atoms with Gasteiger partial charge in [-0.3, -0.25) is 25.5 Å². The van der Waals surface area contributed by atoms with E-state index in [9.17, 15) is 19.2 Å². The highest BCUT2D eigenvalue weighted by molar-refractivity contribution is 6.20. The van der Waals surface area contributed by atoms with E-state index < -0.39 is 29.6 Å². The van der Waals surface area contributed by atoms with Crippen molar-refractivity contribution in [2.75, 3.05) is 14.2 Å². The highest BCUT2D eigenvalue weighted by atomic mass is 16.5. The van der Waals surface area contributed by atoms with Crippen LogP contribution in [0.25, 0.3) is 0 Å². The molecule has 1 atom stereocenters. The molecule has 0 aromatic heterocycles. The first-order chi connectivity index (χ1) is 7.46. The van der Waals surface area contributed by atoms with Crippen molar-refractivity contribution < 1.29 is 23.9 Å². The molecule has 1 aliphatic rings. The topological polar surface area (TPSA) is 126 Å². The molecule has 0 radical (unpaired) electrons. The fourth-order valence-electron chi connectivity index (χ4n) is 1.09. The van der Waals surface area contributed by atoms with Crippen LogP contribution in [0.4, 0.5) is 9.59 Å². The van der Waals surface area contributed by atoms with Gasteiger partial charge in [0, 0.05) is 14.2 Å². The lowest BCUT2D eigenvalue weighted by molar-refractivity contribution is -0.155. The van der Waals surface area contributed by atoms with Gasteiger partial charge in [-0.2, -0.15) is 0 Å². The van der Waals surface area contributed by atoms with Crippen LogP contribution in [0.1, 0.15) is 0 Å². The standard InChI is InChI=1S/C7H10N4O5/c1-8-5(14)9-3(12)7(16-2)4(13)10-6(15)11-7/h1-2H3,(H2,8,9,12,14)(H2,10,11,13,15). The molecular weight excluding hydrogens is 220 g/mol. The van der Waals surface area contributed by atoms with E-state index in [-0.39, 0.29) is 0 Å². The van der Waals surface area contributed by atoms with Crippen LogP contribution in [-0.4, -0.2) is 43.8 Å². The Labute approximate surface area is 89.9 Å². The third kappa shape index (κ3) is 1.80. The molecule has 0 aromatic rings. The van der Waals surface area contributed by atoms with E-state index in [0.29, 0.717) is 0 Å². The van der Waals surface area contributed by atoms with Gasteiger partial charge in [0.25, 0.3) is 11.8 Å². The molecule has 0 spiro atoms. The van der Waals surface area contributed by atoms with Gasteiger partial charge in [0.2, 0.25) is 0 Å². The molecule has 6 amide bonds. The van der Waals surface area contributed by atoms with E-state index >= 15 is 0 Å². The van der Waals surface area contributed by atoms with Crippen LogP contribution in [0.15, 0.2) is 0 Å². The highest BCUT2D eigenvalue weighted by Gasteiger charge is 2.54. The average Bonchev–Trinajstić information content (AvgIpc) is 2.54. The van der Waals surface area contributed by atoms with Gasteiger partial charge < -0.3 is 10.1 Å². The summed E-state index contributed by atoms with van der Waals surface area (Å²) in [5.74, 6) is -2.07. The maximum absolute atomic E-state index is 11.6. The van der Waals surface area contributed by atoms with E-state index in [2.05, 4.69) is 10.1 Å². The van der Waals surface area contributed by atoms with Crippen molar-refractivity contribution >= 4 is 23.9 Å². The largest absolute Gasteiger partial charge is 0.343 e. The van der Waals surface area contributed by atoms with Crippen molar-refractivity contribution in [3.63, 3.8) is 0 Å². The normalized spacial score (nSPS) is 23.4. The van der Waals surface area contributed by atoms with Gasteiger partial charge in [-0.25, -0.2) is 9.59 Å². The molecular formula is C7H10N4O5. The zero-order valence-corrected chi connectivity index (χ0v) is 8.54. The van der Waals surface area contributed by atoms with Crippen LogP contribution in [0.3, 0.4) is 0 Å². The maximum atomic E-state index is 11.6. The third-order valence-corrected chi connectivity index (χ3v) is 1.92. The number of amides is 6. The number of ether oxygens (including phenoxy) is 1. The molecule has 4 N–H and O–H groups in total. The van der Waals surface area contributed by atoms with Gasteiger partial charge in [0.1, 0.15) is 0 Å². The second-order valence-corrected chi connectivity index (χ2v) is 2.83. The molecule has 16 heavy (non-hydrogen) atoms. The molecule has 1 unspecified atom stereocenters. The lowest BCUT2D eigenvalue weighted by atomic mass is 10.2. The van der Waals surface area contributed by atoms with Crippen LogP contribution < -0.4 is 21.3 Å². The Balaban J connectivity index is 2.89. The number of hydrogen-bond acceptors (Lipinski definition) is 5. The molecule has 0 aromatic carbocycles. The summed E-state index contributed by atoms with van der Waals surface area (Å²) >= 11 is 0. The van der Waals surface area contributed by atoms with E-state index in [4.69, 9.17) is 0 Å². The molecule has 0 bridgehead atoms. The zero-order valence-electron chi connectivity index (χ0n) is 8.54. The van der Waals surface area contributed by atoms with Gasteiger partial charge in [0.15, 0.2) is 0 Å². The monoisotopic (exact) mass is 230 g/mol. The Kier molecular flexibility index (Phi) is 3.09. The number of hydrogen-bond donors (Lipinski definition) is 4. The van der Waals surface area contributed by atoms with Crippen molar-refractivity contribution in [2.24, 2.45) is 0 Å². The lowest BCUT2D eigenvalue weighted by Crippen LogP contribution is -2.61. The molecule has 88 valence electrons. The molecule has 1 fully saturated rings. The lowest BCUT2D eigenvalue weighted by Gasteiger charge is -2.21. The predicted octanol–water partition coefficient (Wildman–Crippen LogP) is -2.38. The fourth-order valence-corrected chi connectivity index (χ4v) is 1.09. The fraction of sp³-hybridized carbons (Fsp3) is 0.429. The van der Waals surface area contributed by atoms with Gasteiger partial charge in [-0.05, 0) is 0 Å². The first-order valence-corrected chi connectivity index (χ1v) is 4.18. The van der Waals surface area contributed by atoms with Crippen LogP contribution in [-0.2, 0) is 14.3 Å². The number of imide groups is 2. The quantitative estimate of drug-likeness (QED) is 0.311.